The van der Waals surface area contributed by atoms with E-state index in [1.165, 1.54) is 24.3 Å². The molecule has 0 aromatic heterocycles. The smallest absolute Gasteiger partial charge is 0.310 e. The summed E-state index contributed by atoms with van der Waals surface area (Å²) in [5.74, 6) is -0.281. The molecule has 2 saturated heterocycles. The van der Waals surface area contributed by atoms with Crippen LogP contribution in [-0.4, -0.2) is 77.7 Å². The fraction of sp³-hybridized carbons (Fsp3) is 0.458. The predicted molar refractivity (Wildman–Crippen MR) is 130 cm³/mol. The summed E-state index contributed by atoms with van der Waals surface area (Å²) in [4.78, 5) is 28.9. The molecular formula is C24H28ClFN4O5. The molecule has 188 valence electrons. The lowest BCUT2D eigenvalue weighted by molar-refractivity contribution is -0.385. The number of carbonyl (C=O) groups is 1. The van der Waals surface area contributed by atoms with Gasteiger partial charge in [0.25, 0.3) is 0 Å². The molecule has 0 spiro atoms. The Morgan fingerprint density at radius 3 is 2.46 bits per heavy atom. The minimum absolute atomic E-state index is 0.0996. The molecule has 2 aliphatic rings. The number of halogens is 2. The molecule has 0 radical (unpaired) electrons. The van der Waals surface area contributed by atoms with Gasteiger partial charge in [0.1, 0.15) is 17.7 Å². The maximum Gasteiger partial charge on any atom is 0.310 e. The topological polar surface area (TPSA) is 99.4 Å². The van der Waals surface area contributed by atoms with E-state index in [1.54, 1.807) is 12.1 Å². The van der Waals surface area contributed by atoms with Gasteiger partial charge in [0.05, 0.1) is 10.6 Å². The van der Waals surface area contributed by atoms with Crippen molar-refractivity contribution in [3.8, 4) is 11.5 Å². The van der Waals surface area contributed by atoms with Gasteiger partial charge >= 0.3 is 5.69 Å². The van der Waals surface area contributed by atoms with Crippen LogP contribution in [0.1, 0.15) is 19.3 Å². The van der Waals surface area contributed by atoms with Crippen LogP contribution in [0.3, 0.4) is 0 Å². The number of benzene rings is 2. The molecule has 2 heterocycles. The first kappa shape index (κ1) is 25.0. The third-order valence-electron chi connectivity index (χ3n) is 6.51. The Labute approximate surface area is 207 Å². The maximum absolute atomic E-state index is 14.2. The number of carbonyl (C=O) groups excluding carboxylic acids is 1. The van der Waals surface area contributed by atoms with Gasteiger partial charge in [-0.3, -0.25) is 19.8 Å². The Balaban J connectivity index is 1.17. The SMILES string of the molecule is O=C(CCN1CCN(c2ccc(Cl)cc2F)CC1)N1CCC(Oc2ccc([N+](=O)[O-])c(O)c2)CC1. The van der Waals surface area contributed by atoms with Crippen LogP contribution in [0.5, 0.6) is 11.5 Å². The zero-order valence-corrected chi connectivity index (χ0v) is 20.0. The summed E-state index contributed by atoms with van der Waals surface area (Å²) in [6, 6.07) is 8.65. The third-order valence-corrected chi connectivity index (χ3v) is 6.74. The standard InChI is InChI=1S/C24H28ClFN4O5/c25-17-1-3-21(20(26)15-17)28-13-11-27(12-14-28)8-7-24(32)29-9-5-18(6-10-29)35-19-2-4-22(30(33)34)23(31)16-19/h1-4,15-16,18,31H,5-14H2. The Morgan fingerprint density at radius 2 is 1.83 bits per heavy atom. The van der Waals surface area contributed by atoms with Crippen molar-refractivity contribution in [2.75, 3.05) is 50.7 Å². The first-order valence-corrected chi connectivity index (χ1v) is 12.0. The molecule has 0 aliphatic carbocycles. The summed E-state index contributed by atoms with van der Waals surface area (Å²) in [6.45, 7) is 4.70. The lowest BCUT2D eigenvalue weighted by Gasteiger charge is -2.37. The monoisotopic (exact) mass is 506 g/mol. The summed E-state index contributed by atoms with van der Waals surface area (Å²) in [5, 5.41) is 21.0. The van der Waals surface area contributed by atoms with Crippen LogP contribution in [0.4, 0.5) is 15.8 Å². The van der Waals surface area contributed by atoms with Crippen LogP contribution in [0.2, 0.25) is 5.02 Å². The Morgan fingerprint density at radius 1 is 1.11 bits per heavy atom. The number of piperidine rings is 1. The minimum Gasteiger partial charge on any atom is -0.502 e. The summed E-state index contributed by atoms with van der Waals surface area (Å²) in [7, 11) is 0. The molecule has 2 aromatic rings. The van der Waals surface area contributed by atoms with Crippen molar-refractivity contribution >= 4 is 28.9 Å². The molecule has 9 nitrogen and oxygen atoms in total. The minimum atomic E-state index is -0.650. The second-order valence-electron chi connectivity index (χ2n) is 8.78. The van der Waals surface area contributed by atoms with Gasteiger partial charge in [-0.2, -0.15) is 0 Å². The Hall–Kier alpha value is -3.11. The summed E-state index contributed by atoms with van der Waals surface area (Å²) >= 11 is 5.84. The number of anilines is 1. The molecule has 4 rings (SSSR count). The van der Waals surface area contributed by atoms with Crippen LogP contribution in [0.25, 0.3) is 0 Å². The van der Waals surface area contributed by atoms with E-state index in [0.29, 0.717) is 68.4 Å². The molecule has 11 heteroatoms. The number of phenols is 1. The van der Waals surface area contributed by atoms with Gasteiger partial charge in [0.15, 0.2) is 5.75 Å². The van der Waals surface area contributed by atoms with Gasteiger partial charge in [0, 0.05) is 82.2 Å². The molecule has 0 unspecified atom stereocenters. The van der Waals surface area contributed by atoms with Crippen molar-refractivity contribution in [1.29, 1.82) is 0 Å². The van der Waals surface area contributed by atoms with Crippen molar-refractivity contribution in [1.82, 2.24) is 9.80 Å². The second kappa shape index (κ2) is 11.1. The first-order chi connectivity index (χ1) is 16.8. The van der Waals surface area contributed by atoms with E-state index in [1.807, 2.05) is 9.80 Å². The lowest BCUT2D eigenvalue weighted by atomic mass is 10.1. The number of ether oxygens (including phenoxy) is 1. The molecule has 0 atom stereocenters. The van der Waals surface area contributed by atoms with Crippen LogP contribution in [0, 0.1) is 15.9 Å². The lowest BCUT2D eigenvalue weighted by Crippen LogP contribution is -2.48. The van der Waals surface area contributed by atoms with Gasteiger partial charge < -0.3 is 19.6 Å². The maximum atomic E-state index is 14.2. The molecule has 2 fully saturated rings. The number of nitro benzene ring substituents is 1. The highest BCUT2D eigenvalue weighted by atomic mass is 35.5. The summed E-state index contributed by atoms with van der Waals surface area (Å²) in [6.07, 6.45) is 1.60. The number of phenolic OH excluding ortho intramolecular Hbond substituents is 1. The van der Waals surface area contributed by atoms with Gasteiger partial charge in [-0.1, -0.05) is 11.6 Å². The highest BCUT2D eigenvalue weighted by Gasteiger charge is 2.26. The number of rotatable bonds is 7. The van der Waals surface area contributed by atoms with Gasteiger partial charge in [-0.15, -0.1) is 0 Å². The van der Waals surface area contributed by atoms with Gasteiger partial charge in [0.2, 0.25) is 5.91 Å². The second-order valence-corrected chi connectivity index (χ2v) is 9.22. The number of piperazine rings is 1. The Kier molecular flexibility index (Phi) is 7.92. The number of nitrogens with zero attached hydrogens (tertiary/aromatic N) is 4. The van der Waals surface area contributed by atoms with Crippen molar-refractivity contribution in [3.05, 3.63) is 57.4 Å². The van der Waals surface area contributed by atoms with Crippen molar-refractivity contribution in [2.45, 2.75) is 25.4 Å². The van der Waals surface area contributed by atoms with Crippen LogP contribution in [-0.2, 0) is 4.79 Å². The molecule has 1 N–H and O–H groups in total. The van der Waals surface area contributed by atoms with Gasteiger partial charge in [-0.05, 0) is 24.3 Å². The zero-order chi connectivity index (χ0) is 24.9. The predicted octanol–water partition coefficient (Wildman–Crippen LogP) is 3.68. The van der Waals surface area contributed by atoms with E-state index >= 15 is 0 Å². The molecule has 0 saturated carbocycles. The van der Waals surface area contributed by atoms with Crippen molar-refractivity contribution in [3.63, 3.8) is 0 Å². The Bertz CT molecular complexity index is 1070. The number of amides is 1. The van der Waals surface area contributed by atoms with Crippen LogP contribution >= 0.6 is 11.6 Å². The number of hydrogen-bond acceptors (Lipinski definition) is 7. The fourth-order valence-corrected chi connectivity index (χ4v) is 4.67. The first-order valence-electron chi connectivity index (χ1n) is 11.6. The van der Waals surface area contributed by atoms with E-state index in [9.17, 15) is 24.4 Å². The zero-order valence-electron chi connectivity index (χ0n) is 19.2. The average Bonchev–Trinajstić information content (AvgIpc) is 2.83. The summed E-state index contributed by atoms with van der Waals surface area (Å²) in [5.41, 5.74) is 0.190. The molecule has 0 bridgehead atoms. The largest absolute Gasteiger partial charge is 0.502 e. The average molecular weight is 507 g/mol. The van der Waals surface area contributed by atoms with Crippen LogP contribution in [0.15, 0.2) is 36.4 Å². The highest BCUT2D eigenvalue weighted by molar-refractivity contribution is 6.30. The normalized spacial score (nSPS) is 17.4. The third kappa shape index (κ3) is 6.32. The fourth-order valence-electron chi connectivity index (χ4n) is 4.51. The summed E-state index contributed by atoms with van der Waals surface area (Å²) < 4.78 is 20.0. The molecule has 1 amide bonds. The van der Waals surface area contributed by atoms with E-state index in [4.69, 9.17) is 16.3 Å². The highest BCUT2D eigenvalue weighted by Crippen LogP contribution is 2.31. The molecule has 35 heavy (non-hydrogen) atoms. The van der Waals surface area contributed by atoms with E-state index < -0.39 is 10.7 Å². The number of hydrogen-bond donors (Lipinski definition) is 1. The number of nitro groups is 1. The van der Waals surface area contributed by atoms with Gasteiger partial charge in [-0.25, -0.2) is 4.39 Å². The number of aromatic hydroxyl groups is 1. The number of likely N-dealkylation sites (tertiary alicyclic amines) is 1. The van der Waals surface area contributed by atoms with E-state index in [2.05, 4.69) is 4.90 Å². The van der Waals surface area contributed by atoms with Crippen LogP contribution < -0.4 is 9.64 Å². The van der Waals surface area contributed by atoms with Crippen molar-refractivity contribution in [2.24, 2.45) is 0 Å². The van der Waals surface area contributed by atoms with Crippen molar-refractivity contribution < 1.29 is 24.0 Å². The quantitative estimate of drug-likeness (QED) is 0.451. The van der Waals surface area contributed by atoms with E-state index in [-0.39, 0.29) is 23.5 Å². The molecule has 2 aromatic carbocycles. The molecule has 2 aliphatic heterocycles. The van der Waals surface area contributed by atoms with E-state index in [0.717, 1.165) is 13.1 Å². The molecular weight excluding hydrogens is 479 g/mol.